The van der Waals surface area contributed by atoms with Gasteiger partial charge in [0.05, 0.1) is 0 Å². The van der Waals surface area contributed by atoms with Crippen LogP contribution in [0.2, 0.25) is 0 Å². The SMILES string of the molecule is CC(C)(C)NCc1c(F)cccc1Sc1ncns1. The number of benzene rings is 1. The Kier molecular flexibility index (Phi) is 4.54. The van der Waals surface area contributed by atoms with Crippen LogP contribution in [0.15, 0.2) is 33.8 Å². The molecule has 2 aromatic rings. The second kappa shape index (κ2) is 5.98. The molecule has 0 aliphatic carbocycles. The molecule has 0 aliphatic rings. The highest BCUT2D eigenvalue weighted by molar-refractivity contribution is 8.01. The monoisotopic (exact) mass is 297 g/mol. The summed E-state index contributed by atoms with van der Waals surface area (Å²) in [4.78, 5) is 5.00. The van der Waals surface area contributed by atoms with Crippen LogP contribution in [0.4, 0.5) is 4.39 Å². The highest BCUT2D eigenvalue weighted by Gasteiger charge is 2.14. The van der Waals surface area contributed by atoms with Crippen LogP contribution in [0.3, 0.4) is 0 Å². The Morgan fingerprint density at radius 3 is 2.79 bits per heavy atom. The van der Waals surface area contributed by atoms with Crippen molar-refractivity contribution in [2.45, 2.75) is 42.1 Å². The molecule has 0 bridgehead atoms. The average Bonchev–Trinajstić information content (AvgIpc) is 2.79. The molecule has 0 saturated heterocycles. The van der Waals surface area contributed by atoms with E-state index in [0.29, 0.717) is 12.1 Å². The van der Waals surface area contributed by atoms with E-state index in [0.717, 1.165) is 9.24 Å². The molecular weight excluding hydrogens is 281 g/mol. The summed E-state index contributed by atoms with van der Waals surface area (Å²) in [6.45, 7) is 6.68. The lowest BCUT2D eigenvalue weighted by molar-refractivity contribution is 0.416. The number of nitrogens with zero attached hydrogens (tertiary/aromatic N) is 2. The van der Waals surface area contributed by atoms with Gasteiger partial charge in [0.25, 0.3) is 0 Å². The molecule has 0 unspecified atom stereocenters. The van der Waals surface area contributed by atoms with Crippen molar-refractivity contribution in [3.8, 4) is 0 Å². The van der Waals surface area contributed by atoms with Gasteiger partial charge in [0.15, 0.2) is 4.34 Å². The van der Waals surface area contributed by atoms with Crippen molar-refractivity contribution < 1.29 is 4.39 Å². The van der Waals surface area contributed by atoms with Gasteiger partial charge in [-0.25, -0.2) is 9.37 Å². The van der Waals surface area contributed by atoms with Gasteiger partial charge < -0.3 is 5.32 Å². The number of halogens is 1. The molecule has 0 aliphatic heterocycles. The van der Waals surface area contributed by atoms with Crippen molar-refractivity contribution in [1.82, 2.24) is 14.7 Å². The highest BCUT2D eigenvalue weighted by atomic mass is 32.2. The summed E-state index contributed by atoms with van der Waals surface area (Å²) < 4.78 is 18.7. The van der Waals surface area contributed by atoms with Gasteiger partial charge in [-0.2, -0.15) is 4.37 Å². The molecule has 6 heteroatoms. The highest BCUT2D eigenvalue weighted by Crippen LogP contribution is 2.32. The summed E-state index contributed by atoms with van der Waals surface area (Å²) in [6.07, 6.45) is 1.51. The summed E-state index contributed by atoms with van der Waals surface area (Å²) >= 11 is 2.77. The Labute approximate surface area is 120 Å². The van der Waals surface area contributed by atoms with Crippen molar-refractivity contribution in [3.63, 3.8) is 0 Å². The predicted molar refractivity (Wildman–Crippen MR) is 77.0 cm³/mol. The molecule has 1 N–H and O–H groups in total. The van der Waals surface area contributed by atoms with E-state index in [1.807, 2.05) is 6.07 Å². The largest absolute Gasteiger partial charge is 0.308 e. The Morgan fingerprint density at radius 1 is 1.37 bits per heavy atom. The predicted octanol–water partition coefficient (Wildman–Crippen LogP) is 3.72. The van der Waals surface area contributed by atoms with E-state index in [9.17, 15) is 4.39 Å². The normalized spacial score (nSPS) is 11.8. The van der Waals surface area contributed by atoms with Gasteiger partial charge in [-0.3, -0.25) is 0 Å². The Morgan fingerprint density at radius 2 is 2.16 bits per heavy atom. The third-order valence-electron chi connectivity index (χ3n) is 2.41. The van der Waals surface area contributed by atoms with Gasteiger partial charge in [-0.1, -0.05) is 17.8 Å². The van der Waals surface area contributed by atoms with E-state index in [1.165, 1.54) is 35.7 Å². The molecule has 3 nitrogen and oxygen atoms in total. The third-order valence-corrected chi connectivity index (χ3v) is 4.23. The lowest BCUT2D eigenvalue weighted by atomic mass is 10.1. The first-order valence-corrected chi connectivity index (χ1v) is 7.51. The topological polar surface area (TPSA) is 37.8 Å². The molecule has 19 heavy (non-hydrogen) atoms. The molecule has 0 atom stereocenters. The molecule has 0 spiro atoms. The standard InChI is InChI=1S/C13H16FN3S2/c1-13(2,3)16-7-9-10(14)5-4-6-11(9)18-12-15-8-17-19-12/h4-6,8,16H,7H2,1-3H3. The zero-order valence-corrected chi connectivity index (χ0v) is 12.7. The minimum atomic E-state index is -0.189. The van der Waals surface area contributed by atoms with Crippen LogP contribution in [0.25, 0.3) is 0 Å². The summed E-state index contributed by atoms with van der Waals surface area (Å²) in [5.74, 6) is -0.189. The van der Waals surface area contributed by atoms with Gasteiger partial charge in [0.1, 0.15) is 12.1 Å². The van der Waals surface area contributed by atoms with E-state index in [1.54, 1.807) is 6.07 Å². The van der Waals surface area contributed by atoms with E-state index in [-0.39, 0.29) is 11.4 Å². The van der Waals surface area contributed by atoms with Crippen LogP contribution < -0.4 is 5.32 Å². The lowest BCUT2D eigenvalue weighted by Gasteiger charge is -2.21. The van der Waals surface area contributed by atoms with Gasteiger partial charge >= 0.3 is 0 Å². The molecule has 1 aromatic heterocycles. The van der Waals surface area contributed by atoms with Crippen LogP contribution in [0.5, 0.6) is 0 Å². The molecule has 1 heterocycles. The van der Waals surface area contributed by atoms with Crippen molar-refractivity contribution in [1.29, 1.82) is 0 Å². The first-order valence-electron chi connectivity index (χ1n) is 5.93. The summed E-state index contributed by atoms with van der Waals surface area (Å²) in [6, 6.07) is 5.12. The maximum absolute atomic E-state index is 14.0. The minimum Gasteiger partial charge on any atom is -0.308 e. The summed E-state index contributed by atoms with van der Waals surface area (Å²) in [7, 11) is 0. The molecule has 1 aromatic carbocycles. The summed E-state index contributed by atoms with van der Waals surface area (Å²) in [5, 5.41) is 3.31. The lowest BCUT2D eigenvalue weighted by Crippen LogP contribution is -2.35. The number of hydrogen-bond donors (Lipinski definition) is 1. The second-order valence-electron chi connectivity index (χ2n) is 5.13. The van der Waals surface area contributed by atoms with Gasteiger partial charge in [-0.05, 0) is 44.4 Å². The summed E-state index contributed by atoms with van der Waals surface area (Å²) in [5.41, 5.74) is 0.630. The number of rotatable bonds is 4. The maximum atomic E-state index is 14.0. The van der Waals surface area contributed by atoms with Crippen molar-refractivity contribution in [2.75, 3.05) is 0 Å². The molecular formula is C13H16FN3S2. The smallest absolute Gasteiger partial charge is 0.174 e. The second-order valence-corrected chi connectivity index (χ2v) is 7.20. The van der Waals surface area contributed by atoms with E-state index < -0.39 is 0 Å². The van der Waals surface area contributed by atoms with Crippen LogP contribution in [-0.4, -0.2) is 14.9 Å². The van der Waals surface area contributed by atoms with Crippen molar-refractivity contribution >= 4 is 23.3 Å². The quantitative estimate of drug-likeness (QED) is 0.933. The third kappa shape index (κ3) is 4.26. The molecule has 0 radical (unpaired) electrons. The van der Waals surface area contributed by atoms with E-state index in [2.05, 4.69) is 35.4 Å². The van der Waals surface area contributed by atoms with Gasteiger partial charge in [0, 0.05) is 22.5 Å². The van der Waals surface area contributed by atoms with Crippen molar-refractivity contribution in [3.05, 3.63) is 35.9 Å². The minimum absolute atomic E-state index is 0.0487. The van der Waals surface area contributed by atoms with Crippen LogP contribution >= 0.6 is 23.3 Å². The zero-order valence-electron chi connectivity index (χ0n) is 11.1. The molecule has 0 amide bonds. The fraction of sp³-hybridized carbons (Fsp3) is 0.385. The van der Waals surface area contributed by atoms with E-state index >= 15 is 0 Å². The molecule has 102 valence electrons. The average molecular weight is 297 g/mol. The van der Waals surface area contributed by atoms with E-state index in [4.69, 9.17) is 0 Å². The first-order chi connectivity index (χ1) is 8.96. The van der Waals surface area contributed by atoms with Crippen molar-refractivity contribution in [2.24, 2.45) is 0 Å². The fourth-order valence-corrected chi connectivity index (χ4v) is 3.02. The Balaban J connectivity index is 2.20. The van der Waals surface area contributed by atoms with Gasteiger partial charge in [-0.15, -0.1) is 0 Å². The Bertz CT molecular complexity index is 535. The number of aromatic nitrogens is 2. The molecule has 0 fully saturated rings. The Hall–Kier alpha value is -0.980. The fourth-order valence-electron chi connectivity index (χ4n) is 1.46. The number of nitrogens with one attached hydrogen (secondary N) is 1. The van der Waals surface area contributed by atoms with Crippen LogP contribution in [0, 0.1) is 5.82 Å². The van der Waals surface area contributed by atoms with Gasteiger partial charge in [0.2, 0.25) is 0 Å². The van der Waals surface area contributed by atoms with Crippen LogP contribution in [0.1, 0.15) is 26.3 Å². The number of hydrogen-bond acceptors (Lipinski definition) is 5. The molecule has 2 rings (SSSR count). The van der Waals surface area contributed by atoms with Crippen LogP contribution in [-0.2, 0) is 6.54 Å². The first kappa shape index (κ1) is 14.4. The maximum Gasteiger partial charge on any atom is 0.174 e. The zero-order chi connectivity index (χ0) is 13.9. The molecule has 0 saturated carbocycles.